The first-order valence-corrected chi connectivity index (χ1v) is 5.80. The smallest absolute Gasteiger partial charge is 0.320 e. The lowest BCUT2D eigenvalue weighted by Gasteiger charge is -2.23. The van der Waals surface area contributed by atoms with Crippen molar-refractivity contribution in [3.05, 3.63) is 35.4 Å². The van der Waals surface area contributed by atoms with E-state index in [0.29, 0.717) is 12.0 Å². The van der Waals surface area contributed by atoms with Gasteiger partial charge in [0.15, 0.2) is 5.78 Å². The molecule has 0 spiro atoms. The van der Waals surface area contributed by atoms with Gasteiger partial charge in [-0.3, -0.25) is 9.59 Å². The highest BCUT2D eigenvalue weighted by Gasteiger charge is 2.51. The van der Waals surface area contributed by atoms with Gasteiger partial charge in [0.2, 0.25) is 0 Å². The number of fused-ring (bicyclic) bond motifs is 1. The number of esters is 1. The Labute approximate surface area is 105 Å². The zero-order valence-corrected chi connectivity index (χ0v) is 10.1. The molecule has 1 aromatic carbocycles. The molecule has 0 heterocycles. The molecule has 0 amide bonds. The van der Waals surface area contributed by atoms with Crippen molar-refractivity contribution in [2.75, 3.05) is 7.11 Å². The number of Topliss-reactive ketones (excluding diaryl/α,β-unsaturated/α-hetero) is 1. The zero-order chi connectivity index (χ0) is 13.2. The summed E-state index contributed by atoms with van der Waals surface area (Å²) < 4.78 is 4.76. The lowest BCUT2D eigenvalue weighted by atomic mass is 9.79. The van der Waals surface area contributed by atoms with Crippen LogP contribution in [0.2, 0.25) is 0 Å². The van der Waals surface area contributed by atoms with Crippen LogP contribution in [0.5, 0.6) is 0 Å². The molecular formula is C14H14O4. The molecule has 0 saturated carbocycles. The molecule has 0 aliphatic heterocycles. The highest BCUT2D eigenvalue weighted by molar-refractivity contribution is 6.16. The lowest BCUT2D eigenvalue weighted by Crippen LogP contribution is -2.38. The summed E-state index contributed by atoms with van der Waals surface area (Å²) in [4.78, 5) is 34.9. The first kappa shape index (κ1) is 12.5. The Balaban J connectivity index is 2.43. The summed E-state index contributed by atoms with van der Waals surface area (Å²) in [6, 6.07) is 7.14. The van der Waals surface area contributed by atoms with Crippen LogP contribution in [-0.4, -0.2) is 25.1 Å². The van der Waals surface area contributed by atoms with Crippen LogP contribution in [0.25, 0.3) is 0 Å². The topological polar surface area (TPSA) is 60.4 Å². The summed E-state index contributed by atoms with van der Waals surface area (Å²) in [5.74, 6) is -0.780. The molecule has 0 aromatic heterocycles. The van der Waals surface area contributed by atoms with Crippen molar-refractivity contribution in [2.24, 2.45) is 5.41 Å². The number of ketones is 1. The van der Waals surface area contributed by atoms with Gasteiger partial charge in [-0.2, -0.15) is 0 Å². The largest absolute Gasteiger partial charge is 0.468 e. The van der Waals surface area contributed by atoms with Crippen molar-refractivity contribution >= 4 is 18.0 Å². The Hall–Kier alpha value is -1.97. The number of hydrogen-bond donors (Lipinski definition) is 0. The molecule has 4 heteroatoms. The Morgan fingerprint density at radius 2 is 2.17 bits per heavy atom. The van der Waals surface area contributed by atoms with Crippen LogP contribution >= 0.6 is 0 Å². The van der Waals surface area contributed by atoms with E-state index in [1.807, 2.05) is 12.1 Å². The molecule has 4 nitrogen and oxygen atoms in total. The van der Waals surface area contributed by atoms with Crippen LogP contribution in [-0.2, 0) is 20.7 Å². The summed E-state index contributed by atoms with van der Waals surface area (Å²) >= 11 is 0. The van der Waals surface area contributed by atoms with Crippen LogP contribution in [0.15, 0.2) is 24.3 Å². The molecule has 18 heavy (non-hydrogen) atoms. The quantitative estimate of drug-likeness (QED) is 0.459. The van der Waals surface area contributed by atoms with Crippen LogP contribution < -0.4 is 0 Å². The second-order valence-electron chi connectivity index (χ2n) is 4.44. The van der Waals surface area contributed by atoms with Crippen molar-refractivity contribution in [3.63, 3.8) is 0 Å². The van der Waals surface area contributed by atoms with Crippen molar-refractivity contribution in [1.29, 1.82) is 0 Å². The normalized spacial score (nSPS) is 21.5. The van der Waals surface area contributed by atoms with E-state index in [1.54, 1.807) is 12.1 Å². The van der Waals surface area contributed by atoms with Gasteiger partial charge in [0.25, 0.3) is 0 Å². The fraction of sp³-hybridized carbons (Fsp3) is 0.357. The fourth-order valence-corrected chi connectivity index (χ4v) is 2.53. The van der Waals surface area contributed by atoms with E-state index in [1.165, 1.54) is 7.11 Å². The standard InChI is InChI=1S/C14H14O4/c1-18-13(17)14(7-4-8-15)9-10-5-2-3-6-11(10)12(14)16/h2-3,5-6,8H,4,7,9H2,1H3. The molecule has 1 atom stereocenters. The SMILES string of the molecule is COC(=O)C1(CCC=O)Cc2ccccc2C1=O. The molecule has 1 unspecified atom stereocenters. The number of rotatable bonds is 4. The molecule has 0 fully saturated rings. The van der Waals surface area contributed by atoms with Crippen LogP contribution in [0, 0.1) is 5.41 Å². The minimum absolute atomic E-state index is 0.175. The maximum atomic E-state index is 12.4. The first-order chi connectivity index (χ1) is 8.65. The van der Waals surface area contributed by atoms with Crippen molar-refractivity contribution in [2.45, 2.75) is 19.3 Å². The number of hydrogen-bond acceptors (Lipinski definition) is 4. The number of aldehydes is 1. The molecule has 0 N–H and O–H groups in total. The molecule has 0 radical (unpaired) electrons. The van der Waals surface area contributed by atoms with E-state index < -0.39 is 11.4 Å². The Morgan fingerprint density at radius 3 is 2.78 bits per heavy atom. The average molecular weight is 246 g/mol. The molecule has 0 bridgehead atoms. The third-order valence-electron chi connectivity index (χ3n) is 3.45. The van der Waals surface area contributed by atoms with Gasteiger partial charge in [-0.25, -0.2) is 0 Å². The summed E-state index contributed by atoms with van der Waals surface area (Å²) in [6.07, 6.45) is 1.43. The summed E-state index contributed by atoms with van der Waals surface area (Å²) in [6.45, 7) is 0. The van der Waals surface area contributed by atoms with E-state index in [-0.39, 0.29) is 18.6 Å². The molecule has 1 aromatic rings. The van der Waals surface area contributed by atoms with E-state index in [2.05, 4.69) is 0 Å². The monoisotopic (exact) mass is 246 g/mol. The number of carbonyl (C=O) groups is 3. The van der Waals surface area contributed by atoms with E-state index in [9.17, 15) is 14.4 Å². The van der Waals surface area contributed by atoms with Crippen LogP contribution in [0.4, 0.5) is 0 Å². The molecule has 94 valence electrons. The second kappa shape index (κ2) is 4.72. The van der Waals surface area contributed by atoms with E-state index in [0.717, 1.165) is 11.8 Å². The second-order valence-corrected chi connectivity index (χ2v) is 4.44. The predicted molar refractivity (Wildman–Crippen MR) is 64.2 cm³/mol. The lowest BCUT2D eigenvalue weighted by molar-refractivity contribution is -0.149. The highest BCUT2D eigenvalue weighted by Crippen LogP contribution is 2.41. The Morgan fingerprint density at radius 1 is 1.44 bits per heavy atom. The van der Waals surface area contributed by atoms with Gasteiger partial charge in [-0.1, -0.05) is 24.3 Å². The van der Waals surface area contributed by atoms with Gasteiger partial charge >= 0.3 is 5.97 Å². The molecule has 1 aliphatic rings. The van der Waals surface area contributed by atoms with Gasteiger partial charge in [0.05, 0.1) is 7.11 Å². The van der Waals surface area contributed by atoms with Gasteiger partial charge < -0.3 is 9.53 Å². The third kappa shape index (κ3) is 1.74. The average Bonchev–Trinajstić information content (AvgIpc) is 2.70. The van der Waals surface area contributed by atoms with Gasteiger partial charge in [0.1, 0.15) is 11.7 Å². The van der Waals surface area contributed by atoms with Crippen LogP contribution in [0.1, 0.15) is 28.8 Å². The maximum Gasteiger partial charge on any atom is 0.320 e. The minimum atomic E-state index is -1.21. The first-order valence-electron chi connectivity index (χ1n) is 5.80. The third-order valence-corrected chi connectivity index (χ3v) is 3.45. The van der Waals surface area contributed by atoms with Crippen molar-refractivity contribution in [3.8, 4) is 0 Å². The zero-order valence-electron chi connectivity index (χ0n) is 10.1. The van der Waals surface area contributed by atoms with Gasteiger partial charge in [-0.05, 0) is 18.4 Å². The minimum Gasteiger partial charge on any atom is -0.468 e. The Kier molecular flexibility index (Phi) is 3.28. The van der Waals surface area contributed by atoms with Crippen LogP contribution in [0.3, 0.4) is 0 Å². The Bertz CT molecular complexity index is 506. The molecule has 0 saturated heterocycles. The van der Waals surface area contributed by atoms with E-state index in [4.69, 9.17) is 4.74 Å². The van der Waals surface area contributed by atoms with E-state index >= 15 is 0 Å². The number of carbonyl (C=O) groups excluding carboxylic acids is 3. The van der Waals surface area contributed by atoms with Crippen molar-refractivity contribution < 1.29 is 19.1 Å². The number of methoxy groups -OCH3 is 1. The summed E-state index contributed by atoms with van der Waals surface area (Å²) in [7, 11) is 1.27. The highest BCUT2D eigenvalue weighted by atomic mass is 16.5. The number of ether oxygens (including phenoxy) is 1. The summed E-state index contributed by atoms with van der Waals surface area (Å²) in [5.41, 5.74) is 0.201. The van der Waals surface area contributed by atoms with Crippen molar-refractivity contribution in [1.82, 2.24) is 0 Å². The molecule has 1 aliphatic carbocycles. The molecular weight excluding hydrogens is 232 g/mol. The predicted octanol–water partition coefficient (Wildman–Crippen LogP) is 1.56. The van der Waals surface area contributed by atoms with Gasteiger partial charge in [-0.15, -0.1) is 0 Å². The van der Waals surface area contributed by atoms with Gasteiger partial charge in [0, 0.05) is 12.0 Å². The maximum absolute atomic E-state index is 12.4. The number of benzene rings is 1. The fourth-order valence-electron chi connectivity index (χ4n) is 2.53. The molecule has 2 rings (SSSR count). The summed E-state index contributed by atoms with van der Waals surface area (Å²) in [5, 5.41) is 0.